The van der Waals surface area contributed by atoms with Gasteiger partial charge < -0.3 is 9.50 Å². The van der Waals surface area contributed by atoms with Gasteiger partial charge in [0.25, 0.3) is 5.91 Å². The molecular weight excluding hydrogens is 376 g/mol. The van der Waals surface area contributed by atoms with Crippen LogP contribution in [0.5, 0.6) is 5.75 Å². The molecule has 0 aromatic heterocycles. The van der Waals surface area contributed by atoms with E-state index >= 15 is 0 Å². The van der Waals surface area contributed by atoms with Crippen molar-refractivity contribution in [2.24, 2.45) is 0 Å². The highest BCUT2D eigenvalue weighted by molar-refractivity contribution is 7.87. The highest BCUT2D eigenvalue weighted by Gasteiger charge is 2.19. The van der Waals surface area contributed by atoms with Crippen molar-refractivity contribution in [3.63, 3.8) is 0 Å². The molecule has 0 heterocycles. The van der Waals surface area contributed by atoms with Crippen LogP contribution in [0, 0.1) is 11.6 Å². The molecule has 0 bridgehead atoms. The molecule has 1 amide bonds. The van der Waals surface area contributed by atoms with E-state index in [4.69, 9.17) is 4.18 Å². The van der Waals surface area contributed by atoms with Crippen LogP contribution >= 0.6 is 0 Å². The largest absolute Gasteiger partial charge is 0.379 e. The number of nitrogens with one attached hydrogen (secondary N) is 1. The van der Waals surface area contributed by atoms with Gasteiger partial charge in [-0.15, -0.1) is 0 Å². The zero-order valence-corrected chi connectivity index (χ0v) is 14.5. The van der Waals surface area contributed by atoms with Crippen molar-refractivity contribution in [1.82, 2.24) is 0 Å². The quantitative estimate of drug-likeness (QED) is 0.670. The number of halogens is 2. The lowest BCUT2D eigenvalue weighted by Crippen LogP contribution is -2.12. The summed E-state index contributed by atoms with van der Waals surface area (Å²) in [6.07, 6.45) is 0. The smallest absolute Gasteiger partial charge is 0.339 e. The first-order valence-electron chi connectivity index (χ1n) is 7.70. The van der Waals surface area contributed by atoms with Gasteiger partial charge in [-0.3, -0.25) is 4.79 Å². The highest BCUT2D eigenvalue weighted by Crippen LogP contribution is 2.22. The van der Waals surface area contributed by atoms with Crippen molar-refractivity contribution in [2.45, 2.75) is 4.90 Å². The Morgan fingerprint density at radius 1 is 0.852 bits per heavy atom. The topological polar surface area (TPSA) is 72.5 Å². The fraction of sp³-hybridized carbons (Fsp3) is 0. The second-order valence-corrected chi connectivity index (χ2v) is 7.03. The van der Waals surface area contributed by atoms with E-state index in [-0.39, 0.29) is 11.7 Å². The Morgan fingerprint density at radius 3 is 2.04 bits per heavy atom. The first kappa shape index (κ1) is 18.5. The molecule has 0 fully saturated rings. The molecule has 0 saturated carbocycles. The summed E-state index contributed by atoms with van der Waals surface area (Å²) < 4.78 is 55.5. The molecule has 0 aliphatic carbocycles. The number of carbonyl (C=O) groups is 1. The van der Waals surface area contributed by atoms with Crippen molar-refractivity contribution in [3.05, 3.63) is 90.0 Å². The van der Waals surface area contributed by atoms with E-state index in [1.54, 1.807) is 30.3 Å². The second kappa shape index (κ2) is 7.55. The van der Waals surface area contributed by atoms with Crippen molar-refractivity contribution >= 4 is 21.7 Å². The predicted octanol–water partition coefficient (Wildman–Crippen LogP) is 3.98. The average molecular weight is 389 g/mol. The summed E-state index contributed by atoms with van der Waals surface area (Å²) in [6, 6.07) is 15.9. The lowest BCUT2D eigenvalue weighted by molar-refractivity contribution is 0.102. The minimum atomic E-state index is -4.40. The van der Waals surface area contributed by atoms with E-state index < -0.39 is 26.6 Å². The third-order valence-corrected chi connectivity index (χ3v) is 4.70. The van der Waals surface area contributed by atoms with E-state index in [2.05, 4.69) is 5.32 Å². The van der Waals surface area contributed by atoms with Gasteiger partial charge in [-0.2, -0.15) is 8.42 Å². The molecule has 0 saturated heterocycles. The van der Waals surface area contributed by atoms with Gasteiger partial charge in [0.1, 0.15) is 22.3 Å². The number of hydrogen-bond acceptors (Lipinski definition) is 4. The Bertz CT molecular complexity index is 1050. The summed E-state index contributed by atoms with van der Waals surface area (Å²) in [5.41, 5.74) is 0.888. The second-order valence-electron chi connectivity index (χ2n) is 5.49. The molecule has 0 atom stereocenters. The van der Waals surface area contributed by atoms with E-state index in [0.717, 1.165) is 0 Å². The van der Waals surface area contributed by atoms with Crippen LogP contribution in [0.2, 0.25) is 0 Å². The first-order valence-corrected chi connectivity index (χ1v) is 9.11. The van der Waals surface area contributed by atoms with Crippen LogP contribution in [-0.4, -0.2) is 14.3 Å². The van der Waals surface area contributed by atoms with Crippen molar-refractivity contribution in [1.29, 1.82) is 0 Å². The van der Waals surface area contributed by atoms with Crippen molar-refractivity contribution < 1.29 is 26.2 Å². The molecule has 3 aromatic carbocycles. The summed E-state index contributed by atoms with van der Waals surface area (Å²) in [4.78, 5) is 11.4. The zero-order valence-electron chi connectivity index (χ0n) is 13.7. The van der Waals surface area contributed by atoms with Crippen LogP contribution in [0.3, 0.4) is 0 Å². The minimum Gasteiger partial charge on any atom is -0.379 e. The molecule has 0 radical (unpaired) electrons. The molecule has 1 N–H and O–H groups in total. The van der Waals surface area contributed by atoms with Crippen molar-refractivity contribution in [2.75, 3.05) is 5.32 Å². The molecular formula is C19H13F2NO4S. The molecule has 138 valence electrons. The standard InChI is InChI=1S/C19H13F2NO4S/c20-14-10-15(21)12-18(11-14)27(24,25)26-17-8-6-16(7-9-17)22-19(23)13-4-2-1-3-5-13/h1-12H,(H,22,23). The normalized spacial score (nSPS) is 11.0. The Kier molecular flexibility index (Phi) is 5.18. The lowest BCUT2D eigenvalue weighted by atomic mass is 10.2. The number of hydrogen-bond donors (Lipinski definition) is 1. The summed E-state index contributed by atoms with van der Waals surface area (Å²) in [7, 11) is -4.40. The fourth-order valence-corrected chi connectivity index (χ4v) is 3.21. The van der Waals surface area contributed by atoms with Gasteiger partial charge in [-0.25, -0.2) is 8.78 Å². The maximum absolute atomic E-state index is 13.2. The molecule has 3 rings (SSSR count). The van der Waals surface area contributed by atoms with Crippen LogP contribution in [-0.2, 0) is 10.1 Å². The summed E-state index contributed by atoms with van der Waals surface area (Å²) >= 11 is 0. The number of rotatable bonds is 5. The lowest BCUT2D eigenvalue weighted by Gasteiger charge is -2.09. The van der Waals surface area contributed by atoms with E-state index in [1.165, 1.54) is 24.3 Å². The van der Waals surface area contributed by atoms with Crippen molar-refractivity contribution in [3.8, 4) is 5.75 Å². The monoisotopic (exact) mass is 389 g/mol. The number of carbonyl (C=O) groups excluding carboxylic acids is 1. The van der Waals surface area contributed by atoms with Crippen LogP contribution in [0.1, 0.15) is 10.4 Å². The van der Waals surface area contributed by atoms with Crippen LogP contribution < -0.4 is 9.50 Å². The first-order chi connectivity index (χ1) is 12.8. The number of anilines is 1. The molecule has 0 spiro atoms. The maximum atomic E-state index is 13.2. The van der Waals surface area contributed by atoms with E-state index in [1.807, 2.05) is 0 Å². The van der Waals surface area contributed by atoms with Gasteiger partial charge in [0.2, 0.25) is 0 Å². The van der Waals surface area contributed by atoms with Gasteiger partial charge in [0.15, 0.2) is 0 Å². The molecule has 5 nitrogen and oxygen atoms in total. The third kappa shape index (κ3) is 4.68. The van der Waals surface area contributed by atoms with Crippen LogP contribution in [0.15, 0.2) is 77.7 Å². The molecule has 0 aliphatic heterocycles. The van der Waals surface area contributed by atoms with E-state index in [9.17, 15) is 22.0 Å². The number of amides is 1. The minimum absolute atomic E-state index is 0.0719. The summed E-state index contributed by atoms with van der Waals surface area (Å²) in [5.74, 6) is -2.46. The SMILES string of the molecule is O=C(Nc1ccc(OS(=O)(=O)c2cc(F)cc(F)c2)cc1)c1ccccc1. The number of benzene rings is 3. The van der Waals surface area contributed by atoms with Gasteiger partial charge in [0.05, 0.1) is 0 Å². The molecule has 8 heteroatoms. The Balaban J connectivity index is 1.73. The molecule has 27 heavy (non-hydrogen) atoms. The summed E-state index contributed by atoms with van der Waals surface area (Å²) in [5, 5.41) is 2.65. The Labute approximate surface area is 154 Å². The third-order valence-electron chi connectivity index (χ3n) is 3.48. The van der Waals surface area contributed by atoms with Gasteiger partial charge in [-0.05, 0) is 48.5 Å². The van der Waals surface area contributed by atoms with Crippen LogP contribution in [0.25, 0.3) is 0 Å². The summed E-state index contributed by atoms with van der Waals surface area (Å²) in [6.45, 7) is 0. The van der Waals surface area contributed by atoms with Gasteiger partial charge >= 0.3 is 10.1 Å². The highest BCUT2D eigenvalue weighted by atomic mass is 32.2. The Morgan fingerprint density at radius 2 is 1.44 bits per heavy atom. The predicted molar refractivity (Wildman–Crippen MR) is 95.0 cm³/mol. The molecule has 0 unspecified atom stereocenters. The molecule has 3 aromatic rings. The van der Waals surface area contributed by atoms with E-state index in [0.29, 0.717) is 29.4 Å². The van der Waals surface area contributed by atoms with Gasteiger partial charge in [-0.1, -0.05) is 18.2 Å². The van der Waals surface area contributed by atoms with Gasteiger partial charge in [0, 0.05) is 17.3 Å². The zero-order chi connectivity index (χ0) is 19.4. The Hall–Kier alpha value is -3.26. The maximum Gasteiger partial charge on any atom is 0.339 e. The van der Waals surface area contributed by atoms with Crippen LogP contribution in [0.4, 0.5) is 14.5 Å². The average Bonchev–Trinajstić information content (AvgIpc) is 2.63. The fourth-order valence-electron chi connectivity index (χ4n) is 2.23. The molecule has 0 aliphatic rings.